The van der Waals surface area contributed by atoms with Crippen LogP contribution < -0.4 is 10.1 Å². The summed E-state index contributed by atoms with van der Waals surface area (Å²) in [5.74, 6) is -2.55. The lowest BCUT2D eigenvalue weighted by atomic mass is 9.70. The Labute approximate surface area is 193 Å². The maximum atomic E-state index is 13.8. The highest BCUT2D eigenvalue weighted by molar-refractivity contribution is 6.31. The number of H-pyrrole nitrogens is 1. The van der Waals surface area contributed by atoms with Crippen molar-refractivity contribution in [3.63, 3.8) is 0 Å². The third-order valence-corrected chi connectivity index (χ3v) is 6.51. The number of phenolic OH excluding ortho intramolecular Hbond substituents is 2. The maximum absolute atomic E-state index is 13.8. The molecule has 0 unspecified atom stereocenters. The minimum atomic E-state index is -1.55. The molecule has 0 spiro atoms. The number of rotatable bonds is 3. The lowest BCUT2D eigenvalue weighted by molar-refractivity contribution is -0.123. The van der Waals surface area contributed by atoms with Crippen LogP contribution in [0, 0.1) is 6.92 Å². The first kappa shape index (κ1) is 21.4. The van der Waals surface area contributed by atoms with Crippen LogP contribution in [-0.2, 0) is 15.0 Å². The normalized spacial score (nSPS) is 20.5. The number of anilines is 1. The molecule has 1 aromatic heterocycles. The first-order valence-corrected chi connectivity index (χ1v) is 10.6. The Hall–Kier alpha value is -4.40. The molecule has 0 saturated heterocycles. The fraction of sp³-hybridized carbons (Fsp3) is 0.200. The number of aromatic nitrogens is 2. The molecule has 9 nitrogen and oxygen atoms in total. The zero-order valence-corrected chi connectivity index (χ0v) is 18.9. The summed E-state index contributed by atoms with van der Waals surface area (Å²) in [5.41, 5.74) is 0.838. The number of benzene rings is 2. The summed E-state index contributed by atoms with van der Waals surface area (Å²) in [6.45, 7) is 5.83. The Kier molecular flexibility index (Phi) is 4.45. The van der Waals surface area contributed by atoms with Crippen molar-refractivity contribution in [1.82, 2.24) is 9.97 Å². The molecule has 0 saturated carbocycles. The van der Waals surface area contributed by atoms with Gasteiger partial charge in [0.1, 0.15) is 34.0 Å². The summed E-state index contributed by atoms with van der Waals surface area (Å²) in [6, 6.07) is 5.38. The molecule has 172 valence electrons. The van der Waals surface area contributed by atoms with Crippen molar-refractivity contribution in [2.24, 2.45) is 0 Å². The van der Waals surface area contributed by atoms with Gasteiger partial charge in [0.15, 0.2) is 17.3 Å². The van der Waals surface area contributed by atoms with E-state index in [0.29, 0.717) is 11.4 Å². The second-order valence-corrected chi connectivity index (χ2v) is 8.65. The monoisotopic (exact) mass is 459 g/mol. The highest BCUT2D eigenvalue weighted by Gasteiger charge is 2.56. The Bertz CT molecular complexity index is 1530. The van der Waals surface area contributed by atoms with Crippen LogP contribution in [0.2, 0.25) is 0 Å². The number of hydrogen-bond donors (Lipinski definition) is 4. The third kappa shape index (κ3) is 2.73. The molecule has 2 aliphatic rings. The summed E-state index contributed by atoms with van der Waals surface area (Å²) in [7, 11) is 0. The van der Waals surface area contributed by atoms with E-state index in [0.717, 1.165) is 11.0 Å². The van der Waals surface area contributed by atoms with Gasteiger partial charge in [0.25, 0.3) is 0 Å². The Morgan fingerprint density at radius 1 is 1.18 bits per heavy atom. The van der Waals surface area contributed by atoms with Gasteiger partial charge in [-0.25, -0.2) is 4.98 Å². The summed E-state index contributed by atoms with van der Waals surface area (Å²) in [6.07, 6.45) is 2.76. The van der Waals surface area contributed by atoms with Crippen molar-refractivity contribution in [2.75, 3.05) is 5.32 Å². The number of ether oxygens (including phenoxy) is 1. The molecule has 9 heteroatoms. The van der Waals surface area contributed by atoms with E-state index in [9.17, 15) is 24.6 Å². The zero-order valence-electron chi connectivity index (χ0n) is 18.9. The van der Waals surface area contributed by atoms with Gasteiger partial charge in [0, 0.05) is 23.0 Å². The van der Waals surface area contributed by atoms with Crippen LogP contribution in [0.25, 0.3) is 11.0 Å². The van der Waals surface area contributed by atoms with E-state index in [1.807, 2.05) is 0 Å². The number of nitrogens with zero attached hydrogens (tertiary/aromatic N) is 1. The SMILES string of the molecule is CC(=O)c1c(O)c(C)c(O)c2c1OC1=CC(=O)/C(=C(/C)Nc3ccc4nc[nH]c4c3)C(=O)[C@@]12C. The lowest BCUT2D eigenvalue weighted by Crippen LogP contribution is -2.40. The number of aromatic amines is 1. The average molecular weight is 459 g/mol. The van der Waals surface area contributed by atoms with Crippen molar-refractivity contribution in [2.45, 2.75) is 33.1 Å². The number of fused-ring (bicyclic) bond motifs is 4. The van der Waals surface area contributed by atoms with Gasteiger partial charge in [-0.1, -0.05) is 0 Å². The van der Waals surface area contributed by atoms with Crippen LogP contribution in [0.3, 0.4) is 0 Å². The number of hydrogen-bond acceptors (Lipinski definition) is 8. The molecule has 0 fully saturated rings. The standard InChI is InChI=1S/C25H21N3O6/c1-10-21(31)19(12(3)29)23-20(22(10)32)25(4)17(34-23)8-16(30)18(24(25)33)11(2)28-13-5-6-14-15(7-13)27-9-26-14/h5-9,28,31-32H,1-4H3,(H,26,27)/b18-11+/t25-/m0/s1. The largest absolute Gasteiger partial charge is 0.507 e. The molecule has 34 heavy (non-hydrogen) atoms. The van der Waals surface area contributed by atoms with Crippen LogP contribution in [-0.4, -0.2) is 37.5 Å². The first-order chi connectivity index (χ1) is 16.1. The van der Waals surface area contributed by atoms with Crippen molar-refractivity contribution in [1.29, 1.82) is 0 Å². The van der Waals surface area contributed by atoms with E-state index in [1.165, 1.54) is 26.8 Å². The highest BCUT2D eigenvalue weighted by atomic mass is 16.5. The third-order valence-electron chi connectivity index (χ3n) is 6.51. The van der Waals surface area contributed by atoms with Crippen molar-refractivity contribution < 1.29 is 29.3 Å². The number of aromatic hydroxyl groups is 2. The number of nitrogens with one attached hydrogen (secondary N) is 2. The van der Waals surface area contributed by atoms with Crippen LogP contribution in [0.4, 0.5) is 5.69 Å². The molecular weight excluding hydrogens is 438 g/mol. The van der Waals surface area contributed by atoms with Crippen molar-refractivity contribution in [3.05, 3.63) is 64.3 Å². The van der Waals surface area contributed by atoms with Gasteiger partial charge in [-0.15, -0.1) is 0 Å². The maximum Gasteiger partial charge on any atom is 0.194 e. The van der Waals surface area contributed by atoms with E-state index >= 15 is 0 Å². The topological polar surface area (TPSA) is 142 Å². The molecular formula is C25H21N3O6. The predicted molar refractivity (Wildman–Crippen MR) is 123 cm³/mol. The number of Topliss-reactive ketones (excluding diaryl/α,β-unsaturated/α-hetero) is 2. The van der Waals surface area contributed by atoms with Crippen LogP contribution in [0.15, 0.2) is 47.6 Å². The van der Waals surface area contributed by atoms with Crippen molar-refractivity contribution in [3.8, 4) is 17.2 Å². The molecule has 2 aromatic carbocycles. The number of phenols is 2. The second kappa shape index (κ2) is 7.05. The van der Waals surface area contributed by atoms with Crippen LogP contribution >= 0.6 is 0 Å². The molecule has 0 radical (unpaired) electrons. The predicted octanol–water partition coefficient (Wildman–Crippen LogP) is 3.56. The minimum Gasteiger partial charge on any atom is -0.507 e. The lowest BCUT2D eigenvalue weighted by Gasteiger charge is -2.29. The molecule has 1 aliphatic carbocycles. The molecule has 4 N–H and O–H groups in total. The number of carbonyl (C=O) groups is 3. The smallest absolute Gasteiger partial charge is 0.194 e. The van der Waals surface area contributed by atoms with E-state index in [4.69, 9.17) is 4.74 Å². The molecule has 0 amide bonds. The quantitative estimate of drug-likeness (QED) is 0.265. The minimum absolute atomic E-state index is 0.00395. The Morgan fingerprint density at radius 2 is 1.91 bits per heavy atom. The number of carbonyl (C=O) groups excluding carboxylic acids is 3. The van der Waals surface area contributed by atoms with Crippen molar-refractivity contribution >= 4 is 34.1 Å². The first-order valence-electron chi connectivity index (χ1n) is 10.6. The van der Waals surface area contributed by atoms with E-state index < -0.39 is 28.5 Å². The molecule has 5 rings (SSSR count). The summed E-state index contributed by atoms with van der Waals surface area (Å²) >= 11 is 0. The van der Waals surface area contributed by atoms with Gasteiger partial charge in [0.05, 0.1) is 28.5 Å². The summed E-state index contributed by atoms with van der Waals surface area (Å²) < 4.78 is 5.77. The Balaban J connectivity index is 1.66. The highest BCUT2D eigenvalue weighted by Crippen LogP contribution is 2.57. The van der Waals surface area contributed by atoms with Gasteiger partial charge in [-0.05, 0) is 45.9 Å². The van der Waals surface area contributed by atoms with Gasteiger partial charge in [-0.3, -0.25) is 14.4 Å². The van der Waals surface area contributed by atoms with E-state index in [1.54, 1.807) is 31.5 Å². The average Bonchev–Trinajstić information content (AvgIpc) is 3.34. The molecule has 0 bridgehead atoms. The van der Waals surface area contributed by atoms with E-state index in [2.05, 4.69) is 15.3 Å². The molecule has 1 aliphatic heterocycles. The second-order valence-electron chi connectivity index (χ2n) is 8.65. The molecule has 1 atom stereocenters. The molecule has 2 heterocycles. The number of imidazole rings is 1. The Morgan fingerprint density at radius 3 is 2.62 bits per heavy atom. The van der Waals surface area contributed by atoms with Crippen LogP contribution in [0.1, 0.15) is 42.3 Å². The zero-order chi connectivity index (χ0) is 24.5. The van der Waals surface area contributed by atoms with Gasteiger partial charge < -0.3 is 25.3 Å². The van der Waals surface area contributed by atoms with E-state index in [-0.39, 0.29) is 39.5 Å². The summed E-state index contributed by atoms with van der Waals surface area (Å²) in [5, 5.41) is 24.4. The fourth-order valence-corrected chi connectivity index (χ4v) is 4.65. The number of ketones is 3. The van der Waals surface area contributed by atoms with Gasteiger partial charge in [0.2, 0.25) is 0 Å². The summed E-state index contributed by atoms with van der Waals surface area (Å²) in [4.78, 5) is 46.3. The van der Waals surface area contributed by atoms with Gasteiger partial charge in [-0.2, -0.15) is 0 Å². The number of allylic oxidation sites excluding steroid dienone is 4. The fourth-order valence-electron chi connectivity index (χ4n) is 4.65. The molecule has 3 aromatic rings. The van der Waals surface area contributed by atoms with Crippen LogP contribution in [0.5, 0.6) is 17.2 Å². The van der Waals surface area contributed by atoms with Gasteiger partial charge >= 0.3 is 0 Å².